The highest BCUT2D eigenvalue weighted by molar-refractivity contribution is 7.88. The van der Waals surface area contributed by atoms with Crippen LogP contribution in [0.5, 0.6) is 11.5 Å². The van der Waals surface area contributed by atoms with E-state index in [0.717, 1.165) is 11.3 Å². The summed E-state index contributed by atoms with van der Waals surface area (Å²) in [4.78, 5) is 15.3. The molecule has 0 unspecified atom stereocenters. The first-order valence-corrected chi connectivity index (χ1v) is 12.6. The predicted molar refractivity (Wildman–Crippen MR) is 124 cm³/mol. The standard InChI is InChI=1S/C24H28N2O5S/c1-32(28,29)25-14-11-20(12-15-25)24(27)26(13-5-8-19-6-3-2-4-7-19)21-9-10-22-23(18-21)31-17-16-30-22/h2-10,18,20H,11-17H2,1H3/b8-5+. The van der Waals surface area contributed by atoms with Gasteiger partial charge in [0, 0.05) is 37.3 Å². The van der Waals surface area contributed by atoms with E-state index < -0.39 is 10.0 Å². The number of rotatable bonds is 6. The summed E-state index contributed by atoms with van der Waals surface area (Å²) in [6.45, 7) is 2.11. The summed E-state index contributed by atoms with van der Waals surface area (Å²) in [7, 11) is -3.24. The number of hydrogen-bond acceptors (Lipinski definition) is 5. The van der Waals surface area contributed by atoms with E-state index in [9.17, 15) is 13.2 Å². The summed E-state index contributed by atoms with van der Waals surface area (Å²) < 4.78 is 36.4. The van der Waals surface area contributed by atoms with E-state index in [-0.39, 0.29) is 11.8 Å². The van der Waals surface area contributed by atoms with E-state index in [1.54, 1.807) is 4.90 Å². The molecule has 7 nitrogen and oxygen atoms in total. The van der Waals surface area contributed by atoms with Gasteiger partial charge in [0.25, 0.3) is 0 Å². The van der Waals surface area contributed by atoms with Gasteiger partial charge in [0.1, 0.15) is 13.2 Å². The highest BCUT2D eigenvalue weighted by Gasteiger charge is 2.32. The van der Waals surface area contributed by atoms with Crippen LogP contribution in [0, 0.1) is 5.92 Å². The molecule has 2 aromatic carbocycles. The van der Waals surface area contributed by atoms with Gasteiger partial charge in [-0.25, -0.2) is 12.7 Å². The summed E-state index contributed by atoms with van der Waals surface area (Å²) in [5, 5.41) is 0. The number of carbonyl (C=O) groups excluding carboxylic acids is 1. The number of nitrogens with zero attached hydrogens (tertiary/aromatic N) is 2. The zero-order chi connectivity index (χ0) is 22.6. The minimum Gasteiger partial charge on any atom is -0.486 e. The molecule has 0 N–H and O–H groups in total. The Morgan fingerprint density at radius 2 is 1.75 bits per heavy atom. The van der Waals surface area contributed by atoms with Crippen LogP contribution in [0.15, 0.2) is 54.6 Å². The molecule has 0 radical (unpaired) electrons. The topological polar surface area (TPSA) is 76.2 Å². The number of piperidine rings is 1. The maximum absolute atomic E-state index is 13.5. The maximum Gasteiger partial charge on any atom is 0.230 e. The highest BCUT2D eigenvalue weighted by Crippen LogP contribution is 2.35. The Labute approximate surface area is 189 Å². The van der Waals surface area contributed by atoms with E-state index in [1.165, 1.54) is 10.6 Å². The fourth-order valence-corrected chi connectivity index (χ4v) is 4.91. The van der Waals surface area contributed by atoms with Crippen LogP contribution >= 0.6 is 0 Å². The first-order valence-electron chi connectivity index (χ1n) is 10.8. The van der Waals surface area contributed by atoms with Crippen molar-refractivity contribution in [1.29, 1.82) is 0 Å². The van der Waals surface area contributed by atoms with E-state index >= 15 is 0 Å². The quantitative estimate of drug-likeness (QED) is 0.667. The predicted octanol–water partition coefficient (Wildman–Crippen LogP) is 3.18. The van der Waals surface area contributed by atoms with Crippen LogP contribution in [0.2, 0.25) is 0 Å². The van der Waals surface area contributed by atoms with Crippen molar-refractivity contribution in [2.24, 2.45) is 5.92 Å². The number of anilines is 1. The van der Waals surface area contributed by atoms with E-state index in [1.807, 2.05) is 60.7 Å². The summed E-state index contributed by atoms with van der Waals surface area (Å²) in [6, 6.07) is 15.5. The van der Waals surface area contributed by atoms with Gasteiger partial charge in [-0.3, -0.25) is 4.79 Å². The number of ether oxygens (including phenoxy) is 2. The lowest BCUT2D eigenvalue weighted by molar-refractivity contribution is -0.123. The van der Waals surface area contributed by atoms with Crippen LogP contribution in [0.25, 0.3) is 6.08 Å². The normalized spacial score (nSPS) is 17.4. The molecule has 2 aliphatic rings. The first-order chi connectivity index (χ1) is 15.4. The molecule has 0 atom stereocenters. The van der Waals surface area contributed by atoms with Crippen molar-refractivity contribution in [2.45, 2.75) is 12.8 Å². The van der Waals surface area contributed by atoms with E-state index in [0.29, 0.717) is 57.2 Å². The molecule has 1 saturated heterocycles. The van der Waals surface area contributed by atoms with Crippen molar-refractivity contribution in [3.63, 3.8) is 0 Å². The largest absolute Gasteiger partial charge is 0.486 e. The molecule has 0 bridgehead atoms. The molecule has 2 aromatic rings. The number of hydrogen-bond donors (Lipinski definition) is 0. The van der Waals surface area contributed by atoms with Crippen molar-refractivity contribution in [3.8, 4) is 11.5 Å². The average molecular weight is 457 g/mol. The van der Waals surface area contributed by atoms with Crippen LogP contribution in [0.4, 0.5) is 5.69 Å². The van der Waals surface area contributed by atoms with Crippen molar-refractivity contribution >= 4 is 27.7 Å². The second-order valence-corrected chi connectivity index (χ2v) is 10.0. The smallest absolute Gasteiger partial charge is 0.230 e. The number of fused-ring (bicyclic) bond motifs is 1. The Morgan fingerprint density at radius 1 is 1.06 bits per heavy atom. The second-order valence-electron chi connectivity index (χ2n) is 8.03. The molecule has 0 saturated carbocycles. The minimum atomic E-state index is -3.24. The lowest BCUT2D eigenvalue weighted by Gasteiger charge is -2.33. The zero-order valence-electron chi connectivity index (χ0n) is 18.1. The van der Waals surface area contributed by atoms with Gasteiger partial charge in [0.15, 0.2) is 11.5 Å². The number of benzene rings is 2. The molecule has 0 aromatic heterocycles. The second kappa shape index (κ2) is 9.75. The van der Waals surface area contributed by atoms with Gasteiger partial charge in [-0.15, -0.1) is 0 Å². The summed E-state index contributed by atoms with van der Waals surface area (Å²) in [5.41, 5.74) is 1.80. The fourth-order valence-electron chi connectivity index (χ4n) is 4.04. The lowest BCUT2D eigenvalue weighted by Crippen LogP contribution is -2.44. The Morgan fingerprint density at radius 3 is 2.44 bits per heavy atom. The number of amides is 1. The molecule has 0 spiro atoms. The van der Waals surface area contributed by atoms with Crippen LogP contribution in [-0.2, 0) is 14.8 Å². The molecule has 2 heterocycles. The van der Waals surface area contributed by atoms with Gasteiger partial charge in [-0.1, -0.05) is 42.5 Å². The molecular weight excluding hydrogens is 428 g/mol. The number of sulfonamides is 1. The van der Waals surface area contributed by atoms with E-state index in [2.05, 4.69) is 0 Å². The summed E-state index contributed by atoms with van der Waals surface area (Å²) in [6.07, 6.45) is 6.19. The van der Waals surface area contributed by atoms with Crippen LogP contribution in [0.3, 0.4) is 0 Å². The lowest BCUT2D eigenvalue weighted by atomic mass is 9.96. The third kappa shape index (κ3) is 5.31. The monoisotopic (exact) mass is 456 g/mol. The Balaban J connectivity index is 1.54. The van der Waals surface area contributed by atoms with Crippen molar-refractivity contribution in [1.82, 2.24) is 4.31 Å². The van der Waals surface area contributed by atoms with Gasteiger partial charge < -0.3 is 14.4 Å². The SMILES string of the molecule is CS(=O)(=O)N1CCC(C(=O)N(C/C=C/c2ccccc2)c2ccc3c(c2)OCCO3)CC1. The Bertz CT molecular complexity index is 1080. The van der Waals surface area contributed by atoms with Crippen molar-refractivity contribution < 1.29 is 22.7 Å². The van der Waals surface area contributed by atoms with E-state index in [4.69, 9.17) is 9.47 Å². The molecule has 1 amide bonds. The molecule has 8 heteroatoms. The number of carbonyl (C=O) groups is 1. The maximum atomic E-state index is 13.5. The van der Waals surface area contributed by atoms with Gasteiger partial charge in [-0.05, 0) is 30.5 Å². The van der Waals surface area contributed by atoms with Gasteiger partial charge in [-0.2, -0.15) is 0 Å². The first kappa shape index (κ1) is 22.4. The minimum absolute atomic E-state index is 0.00691. The van der Waals surface area contributed by atoms with Gasteiger partial charge in [0.05, 0.1) is 6.26 Å². The Kier molecular flexibility index (Phi) is 6.81. The molecular formula is C24H28N2O5S. The summed E-state index contributed by atoms with van der Waals surface area (Å²) in [5.74, 6) is 1.07. The highest BCUT2D eigenvalue weighted by atomic mass is 32.2. The molecule has 1 fully saturated rings. The van der Waals surface area contributed by atoms with Crippen molar-refractivity contribution in [2.75, 3.05) is 44.0 Å². The van der Waals surface area contributed by atoms with Gasteiger partial charge >= 0.3 is 0 Å². The summed E-state index contributed by atoms with van der Waals surface area (Å²) >= 11 is 0. The Hall–Kier alpha value is -2.84. The molecule has 4 rings (SSSR count). The fraction of sp³-hybridized carbons (Fsp3) is 0.375. The third-order valence-corrected chi connectivity index (χ3v) is 7.08. The average Bonchev–Trinajstić information content (AvgIpc) is 2.81. The zero-order valence-corrected chi connectivity index (χ0v) is 19.0. The van der Waals surface area contributed by atoms with Crippen LogP contribution in [-0.4, -0.2) is 57.7 Å². The van der Waals surface area contributed by atoms with Crippen molar-refractivity contribution in [3.05, 3.63) is 60.2 Å². The van der Waals surface area contributed by atoms with Crippen LogP contribution in [0.1, 0.15) is 18.4 Å². The molecule has 32 heavy (non-hydrogen) atoms. The molecule has 2 aliphatic heterocycles. The molecule has 170 valence electrons. The van der Waals surface area contributed by atoms with Crippen LogP contribution < -0.4 is 14.4 Å². The third-order valence-electron chi connectivity index (χ3n) is 5.77. The molecule has 0 aliphatic carbocycles. The van der Waals surface area contributed by atoms with Gasteiger partial charge in [0.2, 0.25) is 15.9 Å².